The van der Waals surface area contributed by atoms with E-state index >= 15 is 0 Å². The predicted octanol–water partition coefficient (Wildman–Crippen LogP) is 2.68. The van der Waals surface area contributed by atoms with Gasteiger partial charge in [0.2, 0.25) is 11.6 Å². The van der Waals surface area contributed by atoms with Crippen LogP contribution in [0.15, 0.2) is 24.3 Å². The summed E-state index contributed by atoms with van der Waals surface area (Å²) < 4.78 is 5.68. The van der Waals surface area contributed by atoms with Gasteiger partial charge in [0.05, 0.1) is 5.41 Å². The van der Waals surface area contributed by atoms with Crippen molar-refractivity contribution in [3.05, 3.63) is 35.4 Å². The molecular weight excluding hydrogens is 256 g/mol. The largest absolute Gasteiger partial charge is 0.363 e. The van der Waals surface area contributed by atoms with Crippen molar-refractivity contribution in [1.29, 1.82) is 0 Å². The molecule has 1 saturated heterocycles. The van der Waals surface area contributed by atoms with E-state index in [2.05, 4.69) is 24.3 Å². The third-order valence-corrected chi connectivity index (χ3v) is 5.86. The van der Waals surface area contributed by atoms with Gasteiger partial charge in [0, 0.05) is 18.9 Å². The topological polar surface area (TPSA) is 47.9 Å². The maximum atomic E-state index is 10.9. The second kappa shape index (κ2) is 3.63. The van der Waals surface area contributed by atoms with Gasteiger partial charge >= 0.3 is 0 Å². The first-order valence-electron chi connectivity index (χ1n) is 7.21. The van der Waals surface area contributed by atoms with Crippen molar-refractivity contribution in [2.24, 2.45) is 5.41 Å². The lowest BCUT2D eigenvalue weighted by Gasteiger charge is -2.44. The molecule has 1 aliphatic heterocycles. The van der Waals surface area contributed by atoms with E-state index in [4.69, 9.17) is 14.5 Å². The Morgan fingerprint density at radius 2 is 1.65 bits per heavy atom. The molecule has 4 atom stereocenters. The van der Waals surface area contributed by atoms with Gasteiger partial charge in [-0.3, -0.25) is 0 Å². The molecule has 20 heavy (non-hydrogen) atoms. The monoisotopic (exact) mass is 276 g/mol. The molecule has 4 nitrogen and oxygen atoms in total. The summed E-state index contributed by atoms with van der Waals surface area (Å²) in [5, 5.41) is 10.9. The lowest BCUT2D eigenvalue weighted by Crippen LogP contribution is -2.56. The molecule has 4 heteroatoms. The van der Waals surface area contributed by atoms with E-state index in [0.29, 0.717) is 0 Å². The lowest BCUT2D eigenvalue weighted by atomic mass is 9.64. The van der Waals surface area contributed by atoms with Crippen LogP contribution in [0, 0.1) is 5.41 Å². The van der Waals surface area contributed by atoms with E-state index in [1.807, 2.05) is 6.92 Å². The third kappa shape index (κ3) is 1.11. The molecule has 1 saturated carbocycles. The molecule has 4 rings (SSSR count). The molecule has 2 aliphatic carbocycles. The highest BCUT2D eigenvalue weighted by atomic mass is 17.3. The van der Waals surface area contributed by atoms with Crippen LogP contribution in [0.25, 0.3) is 0 Å². The first-order valence-corrected chi connectivity index (χ1v) is 7.21. The van der Waals surface area contributed by atoms with E-state index in [1.165, 1.54) is 11.1 Å². The summed E-state index contributed by atoms with van der Waals surface area (Å²) in [5.74, 6) is -1.90. The van der Waals surface area contributed by atoms with Crippen LogP contribution in [0.5, 0.6) is 0 Å². The highest BCUT2D eigenvalue weighted by Crippen LogP contribution is 2.75. The normalized spacial score (nSPS) is 49.0. The van der Waals surface area contributed by atoms with Crippen LogP contribution in [-0.2, 0) is 14.5 Å². The Hall–Kier alpha value is -0.940. The first kappa shape index (κ1) is 12.8. The molecule has 0 aromatic heterocycles. The van der Waals surface area contributed by atoms with Crippen molar-refractivity contribution in [2.75, 3.05) is 7.11 Å². The average Bonchev–Trinajstić information content (AvgIpc) is 3.05. The van der Waals surface area contributed by atoms with Crippen molar-refractivity contribution < 1.29 is 19.6 Å². The van der Waals surface area contributed by atoms with Crippen LogP contribution in [0.1, 0.15) is 49.7 Å². The van der Waals surface area contributed by atoms with Gasteiger partial charge in [-0.25, -0.2) is 0 Å². The fraction of sp³-hybridized carbons (Fsp3) is 0.625. The Labute approximate surface area is 118 Å². The molecular formula is C16H20O4. The van der Waals surface area contributed by atoms with Gasteiger partial charge in [0.15, 0.2) is 0 Å². The van der Waals surface area contributed by atoms with Crippen molar-refractivity contribution in [1.82, 2.24) is 0 Å². The molecule has 108 valence electrons. The highest BCUT2D eigenvalue weighted by Gasteiger charge is 2.79. The zero-order valence-corrected chi connectivity index (χ0v) is 12.1. The number of benzene rings is 1. The minimum absolute atomic E-state index is 0.200. The molecule has 1 N–H and O–H groups in total. The Morgan fingerprint density at radius 3 is 2.15 bits per heavy atom. The van der Waals surface area contributed by atoms with Crippen molar-refractivity contribution >= 4 is 0 Å². The second-order valence-electron chi connectivity index (χ2n) is 6.48. The first-order chi connectivity index (χ1) is 9.48. The maximum Gasteiger partial charge on any atom is 0.210 e. The van der Waals surface area contributed by atoms with Gasteiger partial charge in [-0.2, -0.15) is 9.78 Å². The maximum absolute atomic E-state index is 10.9. The Morgan fingerprint density at radius 1 is 1.10 bits per heavy atom. The second-order valence-corrected chi connectivity index (χ2v) is 6.48. The summed E-state index contributed by atoms with van der Waals surface area (Å²) in [6, 6.07) is 8.43. The van der Waals surface area contributed by atoms with Crippen LogP contribution in [0.2, 0.25) is 0 Å². The zero-order valence-electron chi connectivity index (χ0n) is 12.1. The number of hydrogen-bond acceptors (Lipinski definition) is 4. The minimum Gasteiger partial charge on any atom is -0.363 e. The number of hydrogen-bond donors (Lipinski definition) is 1. The molecule has 3 aliphatic rings. The molecule has 0 unspecified atom stereocenters. The van der Waals surface area contributed by atoms with Crippen LogP contribution in [0.3, 0.4) is 0 Å². The van der Waals surface area contributed by atoms with Gasteiger partial charge in [-0.1, -0.05) is 24.3 Å². The number of rotatable bonds is 1. The van der Waals surface area contributed by atoms with Gasteiger partial charge < -0.3 is 9.84 Å². The van der Waals surface area contributed by atoms with E-state index in [-0.39, 0.29) is 11.8 Å². The smallest absolute Gasteiger partial charge is 0.210 e. The van der Waals surface area contributed by atoms with Gasteiger partial charge in [0.1, 0.15) is 0 Å². The number of methoxy groups -OCH3 is 1. The molecule has 1 spiro atoms. The molecule has 1 heterocycles. The fourth-order valence-electron chi connectivity index (χ4n) is 5.18. The Bertz CT molecular complexity index is 536. The van der Waals surface area contributed by atoms with Crippen LogP contribution >= 0.6 is 0 Å². The van der Waals surface area contributed by atoms with E-state index in [1.54, 1.807) is 14.0 Å². The Balaban J connectivity index is 1.98. The average molecular weight is 276 g/mol. The fourth-order valence-corrected chi connectivity index (χ4v) is 5.18. The third-order valence-electron chi connectivity index (χ3n) is 5.86. The minimum atomic E-state index is -1.36. The van der Waals surface area contributed by atoms with Gasteiger partial charge in [-0.05, 0) is 37.8 Å². The van der Waals surface area contributed by atoms with Gasteiger partial charge in [0.25, 0.3) is 0 Å². The number of fused-ring (bicyclic) bond motifs is 3. The molecule has 2 fully saturated rings. The summed E-state index contributed by atoms with van der Waals surface area (Å²) >= 11 is 0. The van der Waals surface area contributed by atoms with Crippen LogP contribution < -0.4 is 0 Å². The molecule has 0 radical (unpaired) electrons. The highest BCUT2D eigenvalue weighted by molar-refractivity contribution is 5.48. The number of ether oxygens (including phenoxy) is 1. The molecule has 1 aromatic rings. The zero-order chi connectivity index (χ0) is 14.2. The SMILES string of the molecule is CO[C@@]1(C)OO[C@](C)(O)C12[C@H]1CC[C@H]2c2ccccc21. The van der Waals surface area contributed by atoms with Crippen molar-refractivity contribution in [3.8, 4) is 0 Å². The quantitative estimate of drug-likeness (QED) is 0.801. The van der Waals surface area contributed by atoms with Crippen molar-refractivity contribution in [3.63, 3.8) is 0 Å². The molecule has 0 amide bonds. The molecule has 1 aromatic carbocycles. The lowest BCUT2D eigenvalue weighted by molar-refractivity contribution is -0.418. The Kier molecular flexibility index (Phi) is 2.32. The van der Waals surface area contributed by atoms with Crippen LogP contribution in [-0.4, -0.2) is 23.8 Å². The summed E-state index contributed by atoms with van der Waals surface area (Å²) in [4.78, 5) is 10.8. The van der Waals surface area contributed by atoms with Crippen molar-refractivity contribution in [2.45, 2.75) is 50.1 Å². The predicted molar refractivity (Wildman–Crippen MR) is 71.8 cm³/mol. The summed E-state index contributed by atoms with van der Waals surface area (Å²) in [5.41, 5.74) is 2.03. The molecule has 2 bridgehead atoms. The summed E-state index contributed by atoms with van der Waals surface area (Å²) in [7, 11) is 1.62. The van der Waals surface area contributed by atoms with E-state index in [9.17, 15) is 5.11 Å². The summed E-state index contributed by atoms with van der Waals surface area (Å²) in [6.45, 7) is 3.58. The van der Waals surface area contributed by atoms with Gasteiger partial charge in [-0.15, -0.1) is 0 Å². The van der Waals surface area contributed by atoms with E-state index < -0.39 is 17.0 Å². The summed E-state index contributed by atoms with van der Waals surface area (Å²) in [6.07, 6.45) is 2.06. The van der Waals surface area contributed by atoms with E-state index in [0.717, 1.165) is 12.8 Å². The van der Waals surface area contributed by atoms with Crippen LogP contribution in [0.4, 0.5) is 0 Å². The standard InChI is InChI=1S/C16H20O4/c1-14(17)16(15(2,18-3)20-19-14)12-8-9-13(16)11-7-5-4-6-10(11)12/h4-7,12-13,17H,8-9H2,1-3H3/t12-,13-,14-,15-/m0/s1. The number of aliphatic hydroxyl groups is 1.